The Morgan fingerprint density at radius 3 is 2.40 bits per heavy atom. The van der Waals surface area contributed by atoms with Crippen LogP contribution in [0.3, 0.4) is 0 Å². The first-order chi connectivity index (χ1) is 9.40. The van der Waals surface area contributed by atoms with Crippen LogP contribution in [0.25, 0.3) is 5.69 Å². The van der Waals surface area contributed by atoms with Gasteiger partial charge in [0.05, 0.1) is 11.3 Å². The predicted octanol–water partition coefficient (Wildman–Crippen LogP) is 1.14. The lowest BCUT2D eigenvalue weighted by molar-refractivity contribution is -0.0498. The number of halogens is 2. The molecule has 0 aliphatic carbocycles. The van der Waals surface area contributed by atoms with Crippen LogP contribution < -0.4 is 16.0 Å². The van der Waals surface area contributed by atoms with Crippen molar-refractivity contribution in [1.82, 2.24) is 9.55 Å². The molecule has 0 saturated carbocycles. The van der Waals surface area contributed by atoms with E-state index in [1.807, 2.05) is 4.98 Å². The number of aromatic amines is 1. The summed E-state index contributed by atoms with van der Waals surface area (Å²) in [6.45, 7) is -1.61. The van der Waals surface area contributed by atoms with Crippen LogP contribution in [0.5, 0.6) is 11.6 Å². The Labute approximate surface area is 110 Å². The fraction of sp³-hybridized carbons (Fsp3) is 0.167. The van der Waals surface area contributed by atoms with E-state index < -0.39 is 23.7 Å². The lowest BCUT2D eigenvalue weighted by Gasteiger charge is -2.10. The van der Waals surface area contributed by atoms with E-state index >= 15 is 0 Å². The Morgan fingerprint density at radius 1 is 1.25 bits per heavy atom. The van der Waals surface area contributed by atoms with Gasteiger partial charge in [-0.15, -0.1) is 0 Å². The number of benzene rings is 1. The number of nitrogens with one attached hydrogen (secondary N) is 1. The van der Waals surface area contributed by atoms with Crippen molar-refractivity contribution in [2.45, 2.75) is 13.5 Å². The van der Waals surface area contributed by atoms with Crippen LogP contribution in [0.2, 0.25) is 0 Å². The molecule has 20 heavy (non-hydrogen) atoms. The Bertz CT molecular complexity index is 735. The van der Waals surface area contributed by atoms with Crippen LogP contribution in [0.1, 0.15) is 5.56 Å². The minimum Gasteiger partial charge on any atom is -0.494 e. The third kappa shape index (κ3) is 2.53. The third-order valence-corrected chi connectivity index (χ3v) is 2.63. The van der Waals surface area contributed by atoms with Crippen LogP contribution in [0.4, 0.5) is 8.78 Å². The van der Waals surface area contributed by atoms with Crippen molar-refractivity contribution in [2.24, 2.45) is 0 Å². The van der Waals surface area contributed by atoms with E-state index in [1.54, 1.807) is 0 Å². The SMILES string of the molecule is Cc1c(O)n(-c2ccc(OC(F)F)cc2)c(=O)[nH]c1=O. The number of aromatic hydroxyl groups is 1. The summed E-state index contributed by atoms with van der Waals surface area (Å²) in [6.07, 6.45) is 0. The van der Waals surface area contributed by atoms with E-state index in [2.05, 4.69) is 4.74 Å². The lowest BCUT2D eigenvalue weighted by atomic mass is 10.3. The highest BCUT2D eigenvalue weighted by Crippen LogP contribution is 2.19. The standard InChI is InChI=1S/C12H10F2N2O4/c1-6-9(17)15-12(19)16(10(6)18)7-2-4-8(5-3-7)20-11(13)14/h2-5,11,18H,1H3,(H,15,17,19). The molecule has 1 heterocycles. The maximum absolute atomic E-state index is 12.0. The molecule has 2 rings (SSSR count). The summed E-state index contributed by atoms with van der Waals surface area (Å²) in [7, 11) is 0. The molecule has 1 aromatic carbocycles. The van der Waals surface area contributed by atoms with Crippen LogP contribution in [-0.4, -0.2) is 21.3 Å². The van der Waals surface area contributed by atoms with Gasteiger partial charge in [0.15, 0.2) is 0 Å². The van der Waals surface area contributed by atoms with Crippen LogP contribution in [0, 0.1) is 6.92 Å². The van der Waals surface area contributed by atoms with Crippen molar-refractivity contribution in [2.75, 3.05) is 0 Å². The maximum atomic E-state index is 12.0. The summed E-state index contributed by atoms with van der Waals surface area (Å²) >= 11 is 0. The number of aromatic nitrogens is 2. The average molecular weight is 284 g/mol. The van der Waals surface area contributed by atoms with Crippen molar-refractivity contribution in [3.05, 3.63) is 50.7 Å². The van der Waals surface area contributed by atoms with Crippen LogP contribution in [-0.2, 0) is 0 Å². The predicted molar refractivity (Wildman–Crippen MR) is 65.7 cm³/mol. The zero-order valence-electron chi connectivity index (χ0n) is 10.3. The highest BCUT2D eigenvalue weighted by atomic mass is 19.3. The van der Waals surface area contributed by atoms with Gasteiger partial charge in [0, 0.05) is 0 Å². The molecule has 1 aromatic heterocycles. The molecule has 0 amide bonds. The molecular formula is C12H10F2N2O4. The van der Waals surface area contributed by atoms with E-state index in [0.29, 0.717) is 0 Å². The van der Waals surface area contributed by atoms with Crippen molar-refractivity contribution in [3.63, 3.8) is 0 Å². The summed E-state index contributed by atoms with van der Waals surface area (Å²) in [5.41, 5.74) is -1.35. The Balaban J connectivity index is 2.50. The summed E-state index contributed by atoms with van der Waals surface area (Å²) < 4.78 is 29.0. The summed E-state index contributed by atoms with van der Waals surface area (Å²) in [6, 6.07) is 5.04. The van der Waals surface area contributed by atoms with Crippen molar-refractivity contribution in [1.29, 1.82) is 0 Å². The van der Waals surface area contributed by atoms with Gasteiger partial charge < -0.3 is 9.84 Å². The first-order valence-corrected chi connectivity index (χ1v) is 5.50. The van der Waals surface area contributed by atoms with E-state index in [0.717, 1.165) is 4.57 Å². The van der Waals surface area contributed by atoms with Gasteiger partial charge in [0.2, 0.25) is 5.88 Å². The summed E-state index contributed by atoms with van der Waals surface area (Å²) in [4.78, 5) is 25.0. The van der Waals surface area contributed by atoms with Crippen molar-refractivity contribution < 1.29 is 18.6 Å². The monoisotopic (exact) mass is 284 g/mol. The summed E-state index contributed by atoms with van der Waals surface area (Å²) in [5, 5.41) is 9.82. The molecule has 0 saturated heterocycles. The molecule has 0 fully saturated rings. The van der Waals surface area contributed by atoms with Crippen LogP contribution in [0.15, 0.2) is 33.9 Å². The second-order valence-electron chi connectivity index (χ2n) is 3.92. The number of nitrogens with zero attached hydrogens (tertiary/aromatic N) is 1. The molecule has 0 unspecified atom stereocenters. The highest BCUT2D eigenvalue weighted by Gasteiger charge is 2.12. The average Bonchev–Trinajstić information content (AvgIpc) is 2.37. The van der Waals surface area contributed by atoms with Gasteiger partial charge in [0.1, 0.15) is 5.75 Å². The van der Waals surface area contributed by atoms with E-state index in [1.165, 1.54) is 31.2 Å². The third-order valence-electron chi connectivity index (χ3n) is 2.63. The van der Waals surface area contributed by atoms with Crippen molar-refractivity contribution >= 4 is 0 Å². The molecule has 0 bridgehead atoms. The molecule has 6 nitrogen and oxygen atoms in total. The fourth-order valence-corrected chi connectivity index (χ4v) is 1.63. The highest BCUT2D eigenvalue weighted by molar-refractivity contribution is 5.41. The number of alkyl halides is 2. The number of ether oxygens (including phenoxy) is 1. The van der Waals surface area contributed by atoms with E-state index in [9.17, 15) is 23.5 Å². The Kier molecular flexibility index (Phi) is 3.55. The normalized spacial score (nSPS) is 10.8. The first kappa shape index (κ1) is 13.8. The zero-order chi connectivity index (χ0) is 14.9. The lowest BCUT2D eigenvalue weighted by Crippen LogP contribution is -2.30. The van der Waals surface area contributed by atoms with Gasteiger partial charge >= 0.3 is 12.3 Å². The molecular weight excluding hydrogens is 274 g/mol. The molecule has 0 radical (unpaired) electrons. The Hall–Kier alpha value is -2.64. The van der Waals surface area contributed by atoms with Gasteiger partial charge in [-0.05, 0) is 31.2 Å². The van der Waals surface area contributed by atoms with Gasteiger partial charge in [-0.25, -0.2) is 9.36 Å². The number of H-pyrrole nitrogens is 1. The molecule has 0 aliphatic heterocycles. The maximum Gasteiger partial charge on any atom is 0.387 e. The number of rotatable bonds is 3. The second-order valence-corrected chi connectivity index (χ2v) is 3.92. The number of hydrogen-bond acceptors (Lipinski definition) is 4. The summed E-state index contributed by atoms with van der Waals surface area (Å²) in [5.74, 6) is -0.598. The fourth-order valence-electron chi connectivity index (χ4n) is 1.63. The van der Waals surface area contributed by atoms with Crippen LogP contribution >= 0.6 is 0 Å². The first-order valence-electron chi connectivity index (χ1n) is 5.50. The molecule has 8 heteroatoms. The quantitative estimate of drug-likeness (QED) is 0.885. The van der Waals surface area contributed by atoms with Gasteiger partial charge in [-0.3, -0.25) is 9.78 Å². The van der Waals surface area contributed by atoms with Crippen molar-refractivity contribution in [3.8, 4) is 17.3 Å². The van der Waals surface area contributed by atoms with Gasteiger partial charge in [-0.2, -0.15) is 8.78 Å². The minimum atomic E-state index is -2.95. The largest absolute Gasteiger partial charge is 0.494 e. The van der Waals surface area contributed by atoms with Gasteiger partial charge in [0.25, 0.3) is 5.56 Å². The van der Waals surface area contributed by atoms with E-state index in [4.69, 9.17) is 0 Å². The Morgan fingerprint density at radius 2 is 1.85 bits per heavy atom. The molecule has 2 N–H and O–H groups in total. The van der Waals surface area contributed by atoms with Gasteiger partial charge in [-0.1, -0.05) is 0 Å². The second kappa shape index (κ2) is 5.16. The number of hydrogen-bond donors (Lipinski definition) is 2. The molecule has 0 spiro atoms. The molecule has 106 valence electrons. The minimum absolute atomic E-state index is 0.0301. The van der Waals surface area contributed by atoms with E-state index in [-0.39, 0.29) is 17.0 Å². The topological polar surface area (TPSA) is 84.3 Å². The zero-order valence-corrected chi connectivity index (χ0v) is 10.3. The molecule has 0 atom stereocenters. The molecule has 2 aromatic rings. The molecule has 0 aliphatic rings. The smallest absolute Gasteiger partial charge is 0.387 e.